The zero-order valence-electron chi connectivity index (χ0n) is 8.11. The van der Waals surface area contributed by atoms with E-state index in [1.54, 1.807) is 29.9 Å². The fourth-order valence-corrected chi connectivity index (χ4v) is 2.28. The van der Waals surface area contributed by atoms with Crippen molar-refractivity contribution in [3.05, 3.63) is 50.4 Å². The number of thiazole rings is 1. The van der Waals surface area contributed by atoms with Crippen LogP contribution in [0.25, 0.3) is 0 Å². The fourth-order valence-electron chi connectivity index (χ4n) is 1.29. The maximum atomic E-state index is 11.9. The normalized spacial score (nSPS) is 10.4. The van der Waals surface area contributed by atoms with E-state index in [1.165, 1.54) is 11.3 Å². The van der Waals surface area contributed by atoms with Gasteiger partial charge in [-0.05, 0) is 18.2 Å². The van der Waals surface area contributed by atoms with Gasteiger partial charge in [0, 0.05) is 28.1 Å². The van der Waals surface area contributed by atoms with E-state index in [0.717, 1.165) is 4.88 Å². The van der Waals surface area contributed by atoms with Gasteiger partial charge >= 0.3 is 0 Å². The molecule has 0 aliphatic heterocycles. The van der Waals surface area contributed by atoms with Gasteiger partial charge in [-0.1, -0.05) is 23.2 Å². The molecule has 0 aliphatic rings. The summed E-state index contributed by atoms with van der Waals surface area (Å²) in [5.41, 5.74) is 2.16. The van der Waals surface area contributed by atoms with Gasteiger partial charge in [-0.3, -0.25) is 9.78 Å². The molecule has 0 spiro atoms. The first-order valence-corrected chi connectivity index (χ1v) is 6.16. The number of hydrogen-bond acceptors (Lipinski definition) is 3. The van der Waals surface area contributed by atoms with E-state index in [9.17, 15) is 4.79 Å². The first-order valence-electron chi connectivity index (χ1n) is 4.52. The van der Waals surface area contributed by atoms with Gasteiger partial charge in [0.2, 0.25) is 0 Å². The smallest absolute Gasteiger partial charge is 0.169 e. The Morgan fingerprint density at radius 3 is 2.88 bits per heavy atom. The van der Waals surface area contributed by atoms with Gasteiger partial charge in [0.25, 0.3) is 0 Å². The third kappa shape index (κ3) is 2.61. The van der Waals surface area contributed by atoms with Crippen LogP contribution in [0.2, 0.25) is 10.0 Å². The molecule has 5 heteroatoms. The maximum Gasteiger partial charge on any atom is 0.169 e. The predicted molar refractivity (Wildman–Crippen MR) is 66.6 cm³/mol. The molecule has 82 valence electrons. The van der Waals surface area contributed by atoms with Gasteiger partial charge in [-0.15, -0.1) is 11.3 Å². The second kappa shape index (κ2) is 4.95. The van der Waals surface area contributed by atoms with Crippen molar-refractivity contribution in [2.75, 3.05) is 0 Å². The van der Waals surface area contributed by atoms with E-state index in [0.29, 0.717) is 22.0 Å². The molecule has 0 fully saturated rings. The number of ketones is 1. The molecule has 0 saturated heterocycles. The van der Waals surface area contributed by atoms with Crippen LogP contribution in [0.5, 0.6) is 0 Å². The Morgan fingerprint density at radius 1 is 1.38 bits per heavy atom. The van der Waals surface area contributed by atoms with Gasteiger partial charge in [-0.25, -0.2) is 0 Å². The molecular formula is C11H7Cl2NOS. The Kier molecular flexibility index (Phi) is 3.59. The molecule has 2 aromatic rings. The molecule has 0 unspecified atom stereocenters. The second-order valence-corrected chi connectivity index (χ2v) is 5.01. The molecule has 0 saturated carbocycles. The molecule has 0 N–H and O–H groups in total. The van der Waals surface area contributed by atoms with Crippen molar-refractivity contribution >= 4 is 40.3 Å². The summed E-state index contributed by atoms with van der Waals surface area (Å²) in [6.45, 7) is 0. The van der Waals surface area contributed by atoms with Crippen molar-refractivity contribution in [1.82, 2.24) is 4.98 Å². The summed E-state index contributed by atoms with van der Waals surface area (Å²) in [5.74, 6) is -0.0447. The van der Waals surface area contributed by atoms with Crippen LogP contribution in [0.3, 0.4) is 0 Å². The first kappa shape index (κ1) is 11.6. The van der Waals surface area contributed by atoms with Gasteiger partial charge in [0.1, 0.15) is 0 Å². The molecule has 16 heavy (non-hydrogen) atoms. The zero-order chi connectivity index (χ0) is 11.5. The number of nitrogens with zero attached hydrogens (tertiary/aromatic N) is 1. The maximum absolute atomic E-state index is 11.9. The molecule has 2 nitrogen and oxygen atoms in total. The van der Waals surface area contributed by atoms with E-state index < -0.39 is 0 Å². The Bertz CT molecular complexity index is 511. The molecule has 0 atom stereocenters. The van der Waals surface area contributed by atoms with E-state index in [1.807, 2.05) is 0 Å². The molecule has 0 bridgehead atoms. The molecule has 0 amide bonds. The van der Waals surface area contributed by atoms with Crippen LogP contribution >= 0.6 is 34.5 Å². The quantitative estimate of drug-likeness (QED) is 0.794. The van der Waals surface area contributed by atoms with Gasteiger partial charge < -0.3 is 0 Å². The van der Waals surface area contributed by atoms with Gasteiger partial charge in [0.05, 0.1) is 10.5 Å². The Hall–Kier alpha value is -0.900. The predicted octanol–water partition coefficient (Wildman–Crippen LogP) is 3.88. The van der Waals surface area contributed by atoms with E-state index in [4.69, 9.17) is 23.2 Å². The summed E-state index contributed by atoms with van der Waals surface area (Å²) >= 11 is 13.2. The SMILES string of the molecule is O=C(Cc1cncs1)c1cc(Cl)ccc1Cl. The summed E-state index contributed by atoms with van der Waals surface area (Å²) < 4.78 is 0. The van der Waals surface area contributed by atoms with Crippen LogP contribution in [0.1, 0.15) is 15.2 Å². The highest BCUT2D eigenvalue weighted by molar-refractivity contribution is 7.09. The summed E-state index contributed by atoms with van der Waals surface area (Å²) in [4.78, 5) is 16.8. The van der Waals surface area contributed by atoms with Crippen LogP contribution in [-0.2, 0) is 6.42 Å². The molecule has 1 aromatic heterocycles. The van der Waals surface area contributed by atoms with Crippen molar-refractivity contribution in [3.8, 4) is 0 Å². The zero-order valence-corrected chi connectivity index (χ0v) is 10.4. The minimum atomic E-state index is -0.0447. The number of hydrogen-bond donors (Lipinski definition) is 0. The fraction of sp³-hybridized carbons (Fsp3) is 0.0909. The number of benzene rings is 1. The minimum absolute atomic E-state index is 0.0447. The van der Waals surface area contributed by atoms with Crippen molar-refractivity contribution < 1.29 is 4.79 Å². The van der Waals surface area contributed by atoms with Gasteiger partial charge in [-0.2, -0.15) is 0 Å². The molecular weight excluding hydrogens is 265 g/mol. The Morgan fingerprint density at radius 2 is 2.19 bits per heavy atom. The van der Waals surface area contributed by atoms with Crippen molar-refractivity contribution in [2.45, 2.75) is 6.42 Å². The van der Waals surface area contributed by atoms with E-state index in [2.05, 4.69) is 4.98 Å². The van der Waals surface area contributed by atoms with Crippen molar-refractivity contribution in [2.24, 2.45) is 0 Å². The minimum Gasteiger partial charge on any atom is -0.294 e. The van der Waals surface area contributed by atoms with Crippen LogP contribution in [0, 0.1) is 0 Å². The highest BCUT2D eigenvalue weighted by atomic mass is 35.5. The number of Topliss-reactive ketones (excluding diaryl/α,β-unsaturated/α-hetero) is 1. The first-order chi connectivity index (χ1) is 7.66. The second-order valence-electron chi connectivity index (χ2n) is 3.19. The molecule has 1 aromatic carbocycles. The lowest BCUT2D eigenvalue weighted by Crippen LogP contribution is -2.03. The summed E-state index contributed by atoms with van der Waals surface area (Å²) in [6.07, 6.45) is 1.99. The van der Waals surface area contributed by atoms with Crippen LogP contribution in [0.15, 0.2) is 29.9 Å². The summed E-state index contributed by atoms with van der Waals surface area (Å²) in [7, 11) is 0. The average molecular weight is 272 g/mol. The van der Waals surface area contributed by atoms with Crippen molar-refractivity contribution in [1.29, 1.82) is 0 Å². The average Bonchev–Trinajstić information content (AvgIpc) is 2.74. The number of aromatic nitrogens is 1. The lowest BCUT2D eigenvalue weighted by Gasteiger charge is -2.02. The Balaban J connectivity index is 2.24. The third-order valence-electron chi connectivity index (χ3n) is 2.05. The summed E-state index contributed by atoms with van der Waals surface area (Å²) in [5, 5.41) is 0.941. The molecule has 0 radical (unpaired) electrons. The number of carbonyl (C=O) groups excluding carboxylic acids is 1. The van der Waals surface area contributed by atoms with Crippen LogP contribution in [-0.4, -0.2) is 10.8 Å². The molecule has 2 rings (SSSR count). The standard InChI is InChI=1S/C11H7Cl2NOS/c12-7-1-2-10(13)9(3-7)11(15)4-8-5-14-6-16-8/h1-3,5-6H,4H2. The largest absolute Gasteiger partial charge is 0.294 e. The van der Waals surface area contributed by atoms with Crippen LogP contribution in [0.4, 0.5) is 0 Å². The lowest BCUT2D eigenvalue weighted by atomic mass is 10.1. The number of rotatable bonds is 3. The van der Waals surface area contributed by atoms with Crippen molar-refractivity contribution in [3.63, 3.8) is 0 Å². The third-order valence-corrected chi connectivity index (χ3v) is 3.39. The van der Waals surface area contributed by atoms with Gasteiger partial charge in [0.15, 0.2) is 5.78 Å². The topological polar surface area (TPSA) is 30.0 Å². The lowest BCUT2D eigenvalue weighted by molar-refractivity contribution is 0.0994. The number of carbonyl (C=O) groups is 1. The van der Waals surface area contributed by atoms with E-state index in [-0.39, 0.29) is 5.78 Å². The monoisotopic (exact) mass is 271 g/mol. The highest BCUT2D eigenvalue weighted by Crippen LogP contribution is 2.22. The Labute approximate surface area is 107 Å². The van der Waals surface area contributed by atoms with E-state index >= 15 is 0 Å². The molecule has 1 heterocycles. The van der Waals surface area contributed by atoms with Crippen LogP contribution < -0.4 is 0 Å². The number of halogens is 2. The molecule has 0 aliphatic carbocycles. The highest BCUT2D eigenvalue weighted by Gasteiger charge is 2.12. The summed E-state index contributed by atoms with van der Waals surface area (Å²) in [6, 6.07) is 4.88.